The second-order valence-electron chi connectivity index (χ2n) is 7.96. The fourth-order valence-corrected chi connectivity index (χ4v) is 4.16. The van der Waals surface area contributed by atoms with Gasteiger partial charge in [-0.05, 0) is 17.4 Å². The molecule has 0 radical (unpaired) electrons. The van der Waals surface area contributed by atoms with Crippen LogP contribution in [0.2, 0.25) is 0 Å². The quantitative estimate of drug-likeness (QED) is 0.401. The summed E-state index contributed by atoms with van der Waals surface area (Å²) in [5.41, 5.74) is -3.45. The zero-order valence-corrected chi connectivity index (χ0v) is 17.9. The molecule has 0 saturated heterocycles. The van der Waals surface area contributed by atoms with Crippen LogP contribution < -0.4 is 0 Å². The minimum atomic E-state index is -5.11. The molecular weight excluding hydrogens is 421 g/mol. The first kappa shape index (κ1) is 22.0. The summed E-state index contributed by atoms with van der Waals surface area (Å²) in [6, 6.07) is 12.9. The van der Waals surface area contributed by atoms with Gasteiger partial charge in [-0.15, -0.1) is 0 Å². The number of pyridine rings is 1. The summed E-state index contributed by atoms with van der Waals surface area (Å²) in [4.78, 5) is 21.7. The summed E-state index contributed by atoms with van der Waals surface area (Å²) in [5.74, 6) is -2.26. The third-order valence-electron chi connectivity index (χ3n) is 6.18. The lowest BCUT2D eigenvalue weighted by atomic mass is 9.79. The van der Waals surface area contributed by atoms with E-state index in [0.717, 1.165) is 7.11 Å². The average molecular weight is 444 g/mol. The van der Waals surface area contributed by atoms with Crippen molar-refractivity contribution < 1.29 is 27.4 Å². The molecule has 2 aromatic carbocycles. The number of para-hydroxylation sites is 1. The second-order valence-corrected chi connectivity index (χ2v) is 7.96. The van der Waals surface area contributed by atoms with Crippen LogP contribution in [-0.4, -0.2) is 42.8 Å². The van der Waals surface area contributed by atoms with E-state index in [2.05, 4.69) is 9.98 Å². The number of benzene rings is 2. The molecule has 0 saturated carbocycles. The van der Waals surface area contributed by atoms with Crippen molar-refractivity contribution in [3.05, 3.63) is 54.2 Å². The number of alkyl halides is 3. The highest BCUT2D eigenvalue weighted by Crippen LogP contribution is 2.47. The van der Waals surface area contributed by atoms with E-state index >= 15 is 0 Å². The topological polar surface area (TPSA) is 60.8 Å². The van der Waals surface area contributed by atoms with Gasteiger partial charge in [0.2, 0.25) is 5.90 Å². The molecule has 2 heterocycles. The highest BCUT2D eigenvalue weighted by molar-refractivity contribution is 6.15. The Bertz CT molecular complexity index is 1210. The van der Waals surface area contributed by atoms with E-state index in [4.69, 9.17) is 9.47 Å². The molecule has 1 aliphatic heterocycles. The van der Waals surface area contributed by atoms with Crippen molar-refractivity contribution in [1.82, 2.24) is 4.98 Å². The highest BCUT2D eigenvalue weighted by atomic mass is 19.4. The predicted octanol–water partition coefficient (Wildman–Crippen LogP) is 5.20. The molecule has 0 amide bonds. The van der Waals surface area contributed by atoms with E-state index < -0.39 is 35.2 Å². The fraction of sp³-hybridized carbons (Fsp3) is 0.375. The van der Waals surface area contributed by atoms with Crippen molar-refractivity contribution in [1.29, 1.82) is 0 Å². The third kappa shape index (κ3) is 3.20. The van der Waals surface area contributed by atoms with Gasteiger partial charge < -0.3 is 9.47 Å². The third-order valence-corrected chi connectivity index (χ3v) is 6.18. The van der Waals surface area contributed by atoms with Crippen molar-refractivity contribution in [2.45, 2.75) is 37.9 Å². The van der Waals surface area contributed by atoms with Crippen LogP contribution in [0.15, 0.2) is 53.5 Å². The molecule has 1 aromatic heterocycles. The van der Waals surface area contributed by atoms with Gasteiger partial charge in [-0.25, -0.2) is 4.99 Å². The number of carbonyl (C=O) groups is 1. The summed E-state index contributed by atoms with van der Waals surface area (Å²) < 4.78 is 55.2. The van der Waals surface area contributed by atoms with Gasteiger partial charge in [0.25, 0.3) is 5.41 Å². The zero-order valence-electron chi connectivity index (χ0n) is 17.9. The Morgan fingerprint density at radius 1 is 1.12 bits per heavy atom. The van der Waals surface area contributed by atoms with Crippen LogP contribution in [0.25, 0.3) is 21.7 Å². The van der Waals surface area contributed by atoms with Gasteiger partial charge in [0, 0.05) is 10.8 Å². The maximum absolute atomic E-state index is 15.0. The number of rotatable bonds is 5. The summed E-state index contributed by atoms with van der Waals surface area (Å²) in [6.45, 7) is 3.77. The molecule has 0 aliphatic carbocycles. The monoisotopic (exact) mass is 444 g/mol. The molecule has 3 unspecified atom stereocenters. The maximum atomic E-state index is 15.0. The number of halogens is 3. The van der Waals surface area contributed by atoms with E-state index in [1.54, 1.807) is 42.5 Å². The number of hydrogen-bond donors (Lipinski definition) is 0. The largest absolute Gasteiger partial charge is 0.477 e. The van der Waals surface area contributed by atoms with E-state index in [1.807, 2.05) is 13.8 Å². The summed E-state index contributed by atoms with van der Waals surface area (Å²) in [7, 11) is 0.924. The van der Waals surface area contributed by atoms with Crippen molar-refractivity contribution in [3.63, 3.8) is 0 Å². The van der Waals surface area contributed by atoms with Crippen molar-refractivity contribution in [2.24, 2.45) is 10.9 Å². The maximum Gasteiger partial charge on any atom is 0.419 e. The summed E-state index contributed by atoms with van der Waals surface area (Å²) in [5, 5.41) is 1.41. The van der Waals surface area contributed by atoms with Crippen LogP contribution in [0, 0.1) is 5.92 Å². The van der Waals surface area contributed by atoms with E-state index in [9.17, 15) is 18.0 Å². The number of ether oxygens (including phenoxy) is 2. The van der Waals surface area contributed by atoms with Gasteiger partial charge in [0.1, 0.15) is 6.61 Å². The Labute approximate surface area is 183 Å². The van der Waals surface area contributed by atoms with Crippen LogP contribution in [0.3, 0.4) is 0 Å². The minimum Gasteiger partial charge on any atom is -0.477 e. The zero-order chi connectivity index (χ0) is 23.1. The average Bonchev–Trinajstić information content (AvgIpc) is 3.28. The Kier molecular flexibility index (Phi) is 5.56. The Morgan fingerprint density at radius 2 is 1.75 bits per heavy atom. The number of nitrogens with zero attached hydrogens (tertiary/aromatic N) is 2. The lowest BCUT2D eigenvalue weighted by molar-refractivity contribution is -0.195. The van der Waals surface area contributed by atoms with Gasteiger partial charge in [-0.3, -0.25) is 9.78 Å². The Balaban J connectivity index is 2.12. The number of aliphatic imine (C=N–C) groups is 1. The summed E-state index contributed by atoms with van der Waals surface area (Å²) >= 11 is 0. The molecule has 8 heteroatoms. The lowest BCUT2D eigenvalue weighted by Crippen LogP contribution is -2.56. The number of hydrogen-bond acceptors (Lipinski definition) is 5. The van der Waals surface area contributed by atoms with E-state index in [1.165, 1.54) is 6.07 Å². The number of fused-ring (bicyclic) bond motifs is 3. The minimum absolute atomic E-state index is 0.0163. The molecule has 168 valence electrons. The van der Waals surface area contributed by atoms with Crippen LogP contribution in [0.4, 0.5) is 13.2 Å². The van der Waals surface area contributed by atoms with Gasteiger partial charge in [-0.2, -0.15) is 13.2 Å². The SMILES string of the molecule is CCC(C)C1COC(C(C(=O)OC)(c2nc3ccccc3c3ccccc23)C(F)(F)F)=N1. The smallest absolute Gasteiger partial charge is 0.419 e. The van der Waals surface area contributed by atoms with Crippen molar-refractivity contribution in [3.8, 4) is 0 Å². The van der Waals surface area contributed by atoms with Crippen LogP contribution >= 0.6 is 0 Å². The van der Waals surface area contributed by atoms with Crippen molar-refractivity contribution in [2.75, 3.05) is 13.7 Å². The van der Waals surface area contributed by atoms with Crippen LogP contribution in [0.5, 0.6) is 0 Å². The Morgan fingerprint density at radius 3 is 2.38 bits per heavy atom. The van der Waals surface area contributed by atoms with Crippen LogP contribution in [0.1, 0.15) is 26.0 Å². The van der Waals surface area contributed by atoms with Crippen LogP contribution in [-0.2, 0) is 19.7 Å². The molecule has 1 aliphatic rings. The van der Waals surface area contributed by atoms with Gasteiger partial charge in [-0.1, -0.05) is 62.7 Å². The first-order valence-corrected chi connectivity index (χ1v) is 10.4. The van der Waals surface area contributed by atoms with E-state index in [-0.39, 0.29) is 17.9 Å². The molecule has 3 aromatic rings. The van der Waals surface area contributed by atoms with E-state index in [0.29, 0.717) is 22.7 Å². The molecule has 5 nitrogen and oxygen atoms in total. The Hall–Kier alpha value is -3.16. The molecule has 4 rings (SSSR count). The molecule has 0 fully saturated rings. The molecule has 32 heavy (non-hydrogen) atoms. The standard InChI is InChI=1S/C24H23F3N2O3/c1-4-14(2)19-13-32-21(29-19)23(22(30)31-3,24(25,26)27)20-17-11-6-5-9-15(17)16-10-7-8-12-18(16)28-20/h5-12,14,19H,4,13H2,1-3H3. The number of esters is 1. The summed E-state index contributed by atoms with van der Waals surface area (Å²) in [6.07, 6.45) is -4.40. The second kappa shape index (κ2) is 8.07. The number of carbonyl (C=O) groups excluding carboxylic acids is 1. The molecule has 3 atom stereocenters. The first-order chi connectivity index (χ1) is 15.3. The first-order valence-electron chi connectivity index (χ1n) is 10.4. The highest BCUT2D eigenvalue weighted by Gasteiger charge is 2.70. The fourth-order valence-electron chi connectivity index (χ4n) is 4.16. The molecular formula is C24H23F3N2O3. The molecule has 0 bridgehead atoms. The molecule has 0 N–H and O–H groups in total. The number of methoxy groups -OCH3 is 1. The lowest BCUT2D eigenvalue weighted by Gasteiger charge is -2.32. The van der Waals surface area contributed by atoms with Gasteiger partial charge >= 0.3 is 12.1 Å². The normalized spacial score (nSPS) is 19.3. The molecule has 0 spiro atoms. The van der Waals surface area contributed by atoms with Gasteiger partial charge in [0.05, 0.1) is 24.4 Å². The predicted molar refractivity (Wildman–Crippen MR) is 116 cm³/mol. The number of aromatic nitrogens is 1. The van der Waals surface area contributed by atoms with Gasteiger partial charge in [0.15, 0.2) is 0 Å². The van der Waals surface area contributed by atoms with Crippen molar-refractivity contribution >= 4 is 33.5 Å².